The van der Waals surface area contributed by atoms with Gasteiger partial charge in [0.1, 0.15) is 11.5 Å². The first-order valence-corrected chi connectivity index (χ1v) is 4.12. The highest BCUT2D eigenvalue weighted by atomic mass is 16.3. The van der Waals surface area contributed by atoms with Crippen LogP contribution >= 0.6 is 0 Å². The molecular formula is C10H12O3. The number of carbonyl (C=O) groups excluding carboxylic acids is 1. The first-order chi connectivity index (χ1) is 6.06. The van der Waals surface area contributed by atoms with E-state index >= 15 is 0 Å². The van der Waals surface area contributed by atoms with E-state index in [1.165, 1.54) is 19.1 Å². The fourth-order valence-electron chi connectivity index (χ4n) is 1.21. The van der Waals surface area contributed by atoms with Crippen molar-refractivity contribution >= 4 is 5.78 Å². The molecule has 0 aromatic heterocycles. The normalized spacial score (nSPS) is 10.0. The van der Waals surface area contributed by atoms with Crippen LogP contribution in [-0.4, -0.2) is 16.0 Å². The number of rotatable bonds is 2. The van der Waals surface area contributed by atoms with Crippen molar-refractivity contribution in [2.45, 2.75) is 20.3 Å². The highest BCUT2D eigenvalue weighted by Crippen LogP contribution is 2.29. The van der Waals surface area contributed by atoms with Gasteiger partial charge in [-0.25, -0.2) is 0 Å². The highest BCUT2D eigenvalue weighted by Gasteiger charge is 2.09. The van der Waals surface area contributed by atoms with Crippen molar-refractivity contribution in [3.63, 3.8) is 0 Å². The second-order valence-corrected chi connectivity index (χ2v) is 2.90. The molecule has 0 aliphatic rings. The number of Topliss-reactive ketones (excluding diaryl/α,β-unsaturated/α-hetero) is 1. The molecule has 1 aromatic rings. The predicted molar refractivity (Wildman–Crippen MR) is 49.2 cm³/mol. The Hall–Kier alpha value is -1.51. The minimum atomic E-state index is -0.173. The minimum Gasteiger partial charge on any atom is -0.508 e. The Morgan fingerprint density at radius 3 is 2.08 bits per heavy atom. The van der Waals surface area contributed by atoms with Gasteiger partial charge in [0.2, 0.25) is 0 Å². The summed E-state index contributed by atoms with van der Waals surface area (Å²) in [7, 11) is 0. The smallest absolute Gasteiger partial charge is 0.160 e. The molecule has 1 aromatic carbocycles. The second-order valence-electron chi connectivity index (χ2n) is 2.90. The van der Waals surface area contributed by atoms with Crippen molar-refractivity contribution in [3.8, 4) is 11.5 Å². The zero-order valence-corrected chi connectivity index (χ0v) is 7.66. The Labute approximate surface area is 76.6 Å². The number of carbonyl (C=O) groups is 1. The molecule has 13 heavy (non-hydrogen) atoms. The van der Waals surface area contributed by atoms with Crippen molar-refractivity contribution in [1.82, 2.24) is 0 Å². The molecule has 0 atom stereocenters. The SMILES string of the molecule is CCc1c(O)cc(C(C)=O)cc1O. The summed E-state index contributed by atoms with van der Waals surface area (Å²) in [6.45, 7) is 3.21. The van der Waals surface area contributed by atoms with Crippen molar-refractivity contribution in [1.29, 1.82) is 0 Å². The number of phenolic OH excluding ortho intramolecular Hbond substituents is 2. The lowest BCUT2D eigenvalue weighted by molar-refractivity contribution is 0.101. The fraction of sp³-hybridized carbons (Fsp3) is 0.300. The van der Waals surface area contributed by atoms with Gasteiger partial charge in [0, 0.05) is 11.1 Å². The molecule has 0 amide bonds. The van der Waals surface area contributed by atoms with E-state index in [0.29, 0.717) is 17.5 Å². The standard InChI is InChI=1S/C10H12O3/c1-3-8-9(12)4-7(6(2)11)5-10(8)13/h4-5,12-13H,3H2,1-2H3. The second kappa shape index (κ2) is 3.47. The quantitative estimate of drug-likeness (QED) is 0.683. The molecule has 1 rings (SSSR count). The van der Waals surface area contributed by atoms with Gasteiger partial charge in [-0.2, -0.15) is 0 Å². The Kier molecular flexibility index (Phi) is 2.56. The van der Waals surface area contributed by atoms with Gasteiger partial charge in [0.05, 0.1) is 0 Å². The molecule has 0 aliphatic heterocycles. The van der Waals surface area contributed by atoms with Gasteiger partial charge >= 0.3 is 0 Å². The van der Waals surface area contributed by atoms with Crippen molar-refractivity contribution in [3.05, 3.63) is 23.3 Å². The average Bonchev–Trinajstić information content (AvgIpc) is 2.03. The largest absolute Gasteiger partial charge is 0.508 e. The summed E-state index contributed by atoms with van der Waals surface area (Å²) in [6, 6.07) is 2.75. The van der Waals surface area contributed by atoms with Gasteiger partial charge in [0.15, 0.2) is 5.78 Å². The number of phenols is 2. The molecule has 0 radical (unpaired) electrons. The molecule has 0 saturated heterocycles. The average molecular weight is 180 g/mol. The third-order valence-corrected chi connectivity index (χ3v) is 1.96. The molecule has 0 unspecified atom stereocenters. The third-order valence-electron chi connectivity index (χ3n) is 1.96. The Bertz CT molecular complexity index is 319. The van der Waals surface area contributed by atoms with E-state index in [2.05, 4.69) is 0 Å². The molecule has 3 heteroatoms. The molecule has 70 valence electrons. The van der Waals surface area contributed by atoms with Crippen LogP contribution in [0.25, 0.3) is 0 Å². The number of aromatic hydroxyl groups is 2. The summed E-state index contributed by atoms with van der Waals surface area (Å²) in [4.78, 5) is 10.9. The van der Waals surface area contributed by atoms with Gasteiger partial charge in [-0.3, -0.25) is 4.79 Å². The Morgan fingerprint density at radius 2 is 1.77 bits per heavy atom. The minimum absolute atomic E-state index is 0.0206. The summed E-state index contributed by atoms with van der Waals surface area (Å²) in [5.41, 5.74) is 0.803. The highest BCUT2D eigenvalue weighted by molar-refractivity contribution is 5.95. The maximum Gasteiger partial charge on any atom is 0.160 e. The monoisotopic (exact) mass is 180 g/mol. The predicted octanol–water partition coefficient (Wildman–Crippen LogP) is 1.86. The van der Waals surface area contributed by atoms with Crippen LogP contribution in [0.15, 0.2) is 12.1 Å². The number of hydrogen-bond acceptors (Lipinski definition) is 3. The van der Waals surface area contributed by atoms with E-state index in [1.807, 2.05) is 6.92 Å². The summed E-state index contributed by atoms with van der Waals surface area (Å²) >= 11 is 0. The molecule has 2 N–H and O–H groups in total. The fourth-order valence-corrected chi connectivity index (χ4v) is 1.21. The van der Waals surface area contributed by atoms with E-state index in [0.717, 1.165) is 0 Å². The molecule has 0 spiro atoms. The maximum absolute atomic E-state index is 10.9. The van der Waals surface area contributed by atoms with E-state index in [4.69, 9.17) is 0 Å². The number of ketones is 1. The van der Waals surface area contributed by atoms with E-state index in [9.17, 15) is 15.0 Å². The van der Waals surface area contributed by atoms with Crippen LogP contribution in [0.1, 0.15) is 29.8 Å². The summed E-state index contributed by atoms with van der Waals surface area (Å²) in [5.74, 6) is -0.214. The molecule has 0 fully saturated rings. The summed E-state index contributed by atoms with van der Waals surface area (Å²) < 4.78 is 0. The number of benzene rings is 1. The Balaban J connectivity index is 3.28. The van der Waals surface area contributed by atoms with Gasteiger partial charge < -0.3 is 10.2 Å². The van der Waals surface area contributed by atoms with Crippen molar-refractivity contribution in [2.75, 3.05) is 0 Å². The molecule has 0 aliphatic carbocycles. The van der Waals surface area contributed by atoms with Crippen LogP contribution in [0, 0.1) is 0 Å². The van der Waals surface area contributed by atoms with Gasteiger partial charge in [-0.05, 0) is 25.5 Å². The summed E-state index contributed by atoms with van der Waals surface area (Å²) in [5, 5.41) is 18.8. The third kappa shape index (κ3) is 1.80. The molecule has 3 nitrogen and oxygen atoms in total. The van der Waals surface area contributed by atoms with Crippen LogP contribution in [0.3, 0.4) is 0 Å². The maximum atomic E-state index is 10.9. The lowest BCUT2D eigenvalue weighted by atomic mass is 10.0. The first kappa shape index (κ1) is 9.58. The van der Waals surface area contributed by atoms with Crippen molar-refractivity contribution < 1.29 is 15.0 Å². The molecular weight excluding hydrogens is 168 g/mol. The molecule has 0 heterocycles. The Morgan fingerprint density at radius 1 is 1.31 bits per heavy atom. The zero-order valence-electron chi connectivity index (χ0n) is 7.66. The lowest BCUT2D eigenvalue weighted by Crippen LogP contribution is -1.93. The molecule has 0 bridgehead atoms. The van der Waals surface area contributed by atoms with Crippen LogP contribution in [0.5, 0.6) is 11.5 Å². The van der Waals surface area contributed by atoms with Crippen LogP contribution in [0.4, 0.5) is 0 Å². The van der Waals surface area contributed by atoms with Gasteiger partial charge in [-0.15, -0.1) is 0 Å². The topological polar surface area (TPSA) is 57.5 Å². The van der Waals surface area contributed by atoms with Crippen LogP contribution in [0.2, 0.25) is 0 Å². The van der Waals surface area contributed by atoms with E-state index in [1.54, 1.807) is 0 Å². The first-order valence-electron chi connectivity index (χ1n) is 4.12. The molecule has 0 saturated carbocycles. The van der Waals surface area contributed by atoms with E-state index in [-0.39, 0.29) is 17.3 Å². The summed E-state index contributed by atoms with van der Waals surface area (Å²) in [6.07, 6.45) is 0.538. The van der Waals surface area contributed by atoms with Gasteiger partial charge in [0.25, 0.3) is 0 Å². The van der Waals surface area contributed by atoms with Crippen LogP contribution < -0.4 is 0 Å². The van der Waals surface area contributed by atoms with Gasteiger partial charge in [-0.1, -0.05) is 6.92 Å². The zero-order chi connectivity index (χ0) is 10.0. The van der Waals surface area contributed by atoms with E-state index < -0.39 is 0 Å². The number of hydrogen-bond donors (Lipinski definition) is 2. The van der Waals surface area contributed by atoms with Crippen molar-refractivity contribution in [2.24, 2.45) is 0 Å². The lowest BCUT2D eigenvalue weighted by Gasteiger charge is -2.06. The van der Waals surface area contributed by atoms with Crippen LogP contribution in [-0.2, 0) is 6.42 Å².